The van der Waals surface area contributed by atoms with Crippen molar-refractivity contribution in [1.29, 1.82) is 0 Å². The van der Waals surface area contributed by atoms with Crippen LogP contribution in [0.15, 0.2) is 6.33 Å². The lowest BCUT2D eigenvalue weighted by Gasteiger charge is -2.32. The van der Waals surface area contributed by atoms with Crippen molar-refractivity contribution < 1.29 is 13.9 Å². The molecule has 0 radical (unpaired) electrons. The lowest BCUT2D eigenvalue weighted by atomic mass is 9.98. The van der Waals surface area contributed by atoms with Gasteiger partial charge in [0.15, 0.2) is 11.6 Å². The van der Waals surface area contributed by atoms with Gasteiger partial charge in [-0.3, -0.25) is 4.79 Å². The van der Waals surface area contributed by atoms with E-state index in [0.717, 1.165) is 12.8 Å². The Balaban J connectivity index is 2.15. The third-order valence-electron chi connectivity index (χ3n) is 3.52. The van der Waals surface area contributed by atoms with Crippen LogP contribution in [0.25, 0.3) is 0 Å². The zero-order valence-corrected chi connectivity index (χ0v) is 11.9. The SMILES string of the molecule is CCOC(=O)[C@H]1CCCN(c2ncnc(CC)c2F)C1. The van der Waals surface area contributed by atoms with E-state index in [1.165, 1.54) is 6.33 Å². The number of nitrogens with zero attached hydrogens (tertiary/aromatic N) is 3. The molecule has 0 unspecified atom stereocenters. The van der Waals surface area contributed by atoms with E-state index in [4.69, 9.17) is 4.74 Å². The second-order valence-electron chi connectivity index (χ2n) is 4.85. The predicted octanol–water partition coefficient (Wildman–Crippen LogP) is 1.96. The Hall–Kier alpha value is -1.72. The maximum Gasteiger partial charge on any atom is 0.310 e. The molecule has 1 atom stereocenters. The fourth-order valence-corrected chi connectivity index (χ4v) is 2.48. The summed E-state index contributed by atoms with van der Waals surface area (Å²) in [7, 11) is 0. The number of aromatic nitrogens is 2. The van der Waals surface area contributed by atoms with Gasteiger partial charge in [-0.25, -0.2) is 14.4 Å². The average molecular weight is 281 g/mol. The van der Waals surface area contributed by atoms with E-state index < -0.39 is 0 Å². The summed E-state index contributed by atoms with van der Waals surface area (Å²) in [6, 6.07) is 0. The Kier molecular flexibility index (Phi) is 4.87. The van der Waals surface area contributed by atoms with Crippen molar-refractivity contribution in [2.45, 2.75) is 33.1 Å². The molecule has 110 valence electrons. The molecule has 0 spiro atoms. The molecule has 1 aliphatic rings. The van der Waals surface area contributed by atoms with Gasteiger partial charge < -0.3 is 9.64 Å². The Labute approximate surface area is 118 Å². The molecular formula is C14H20FN3O2. The fraction of sp³-hybridized carbons (Fsp3) is 0.643. The van der Waals surface area contributed by atoms with E-state index in [9.17, 15) is 9.18 Å². The molecule has 0 amide bonds. The number of aryl methyl sites for hydroxylation is 1. The quantitative estimate of drug-likeness (QED) is 0.790. The Morgan fingerprint density at radius 1 is 1.50 bits per heavy atom. The van der Waals surface area contributed by atoms with Gasteiger partial charge in [0.25, 0.3) is 0 Å². The molecule has 1 aromatic rings. The minimum absolute atomic E-state index is 0.205. The van der Waals surface area contributed by atoms with E-state index in [2.05, 4.69) is 9.97 Å². The normalized spacial score (nSPS) is 18.9. The maximum absolute atomic E-state index is 14.3. The van der Waals surface area contributed by atoms with Crippen LogP contribution in [0.5, 0.6) is 0 Å². The minimum Gasteiger partial charge on any atom is -0.466 e. The van der Waals surface area contributed by atoms with E-state index >= 15 is 0 Å². The summed E-state index contributed by atoms with van der Waals surface area (Å²) >= 11 is 0. The van der Waals surface area contributed by atoms with Gasteiger partial charge >= 0.3 is 5.97 Å². The number of esters is 1. The molecule has 0 aromatic carbocycles. The van der Waals surface area contributed by atoms with Gasteiger partial charge in [-0.15, -0.1) is 0 Å². The van der Waals surface area contributed by atoms with Crippen molar-refractivity contribution in [3.63, 3.8) is 0 Å². The second kappa shape index (κ2) is 6.63. The molecule has 5 nitrogen and oxygen atoms in total. The van der Waals surface area contributed by atoms with Gasteiger partial charge in [0.1, 0.15) is 6.33 Å². The summed E-state index contributed by atoms with van der Waals surface area (Å²) in [5, 5.41) is 0. The van der Waals surface area contributed by atoms with Gasteiger partial charge in [0.05, 0.1) is 18.2 Å². The largest absolute Gasteiger partial charge is 0.466 e. The summed E-state index contributed by atoms with van der Waals surface area (Å²) in [4.78, 5) is 21.6. The van der Waals surface area contributed by atoms with Crippen LogP contribution in [0.3, 0.4) is 0 Å². The third-order valence-corrected chi connectivity index (χ3v) is 3.52. The van der Waals surface area contributed by atoms with Gasteiger partial charge in [0, 0.05) is 13.1 Å². The number of rotatable bonds is 4. The van der Waals surface area contributed by atoms with Crippen LogP contribution in [0.1, 0.15) is 32.4 Å². The van der Waals surface area contributed by atoms with Crippen LogP contribution in [0, 0.1) is 11.7 Å². The molecule has 0 aliphatic carbocycles. The summed E-state index contributed by atoms with van der Waals surface area (Å²) in [6.45, 7) is 5.17. The first kappa shape index (κ1) is 14.7. The monoisotopic (exact) mass is 281 g/mol. The van der Waals surface area contributed by atoms with E-state index in [0.29, 0.717) is 37.6 Å². The number of ether oxygens (including phenoxy) is 1. The molecule has 0 N–H and O–H groups in total. The number of anilines is 1. The first-order chi connectivity index (χ1) is 9.67. The number of halogens is 1. The zero-order valence-electron chi connectivity index (χ0n) is 11.9. The molecule has 6 heteroatoms. The summed E-state index contributed by atoms with van der Waals surface area (Å²) in [5.41, 5.74) is 0.410. The predicted molar refractivity (Wildman–Crippen MR) is 72.9 cm³/mol. The second-order valence-corrected chi connectivity index (χ2v) is 4.85. The van der Waals surface area contributed by atoms with Crippen molar-refractivity contribution in [2.24, 2.45) is 5.92 Å². The van der Waals surface area contributed by atoms with Crippen LogP contribution in [-0.4, -0.2) is 35.6 Å². The van der Waals surface area contributed by atoms with E-state index in [1.807, 2.05) is 11.8 Å². The highest BCUT2D eigenvalue weighted by Crippen LogP contribution is 2.25. The molecule has 1 fully saturated rings. The van der Waals surface area contributed by atoms with Gasteiger partial charge in [-0.2, -0.15) is 0 Å². The zero-order chi connectivity index (χ0) is 14.5. The van der Waals surface area contributed by atoms with Crippen molar-refractivity contribution in [2.75, 3.05) is 24.6 Å². The molecular weight excluding hydrogens is 261 g/mol. The molecule has 2 heterocycles. The van der Waals surface area contributed by atoms with Crippen LogP contribution in [-0.2, 0) is 16.0 Å². The molecule has 1 aliphatic heterocycles. The molecule has 1 aromatic heterocycles. The van der Waals surface area contributed by atoms with Crippen molar-refractivity contribution in [3.05, 3.63) is 17.8 Å². The van der Waals surface area contributed by atoms with Crippen LogP contribution >= 0.6 is 0 Å². The summed E-state index contributed by atoms with van der Waals surface area (Å²) in [6.07, 6.45) is 3.51. The molecule has 1 saturated heterocycles. The number of hydrogen-bond acceptors (Lipinski definition) is 5. The average Bonchev–Trinajstić information content (AvgIpc) is 2.48. The number of carbonyl (C=O) groups excluding carboxylic acids is 1. The Morgan fingerprint density at radius 2 is 2.30 bits per heavy atom. The molecule has 0 bridgehead atoms. The highest BCUT2D eigenvalue weighted by atomic mass is 19.1. The first-order valence-electron chi connectivity index (χ1n) is 7.08. The highest BCUT2D eigenvalue weighted by molar-refractivity contribution is 5.73. The van der Waals surface area contributed by atoms with E-state index in [-0.39, 0.29) is 17.7 Å². The number of carbonyl (C=O) groups is 1. The Bertz CT molecular complexity index is 481. The Morgan fingerprint density at radius 3 is 3.00 bits per heavy atom. The lowest BCUT2D eigenvalue weighted by Crippen LogP contribution is -2.40. The van der Waals surface area contributed by atoms with Crippen molar-refractivity contribution >= 4 is 11.8 Å². The third kappa shape index (κ3) is 3.05. The number of hydrogen-bond donors (Lipinski definition) is 0. The standard InChI is InChI=1S/C14H20FN3O2/c1-3-11-12(15)13(17-9-16-11)18-7-5-6-10(8-18)14(19)20-4-2/h9-10H,3-8H2,1-2H3/t10-/m0/s1. The maximum atomic E-state index is 14.3. The van der Waals surface area contributed by atoms with Gasteiger partial charge in [-0.1, -0.05) is 6.92 Å². The van der Waals surface area contributed by atoms with Crippen LogP contribution in [0.4, 0.5) is 10.2 Å². The molecule has 0 saturated carbocycles. The summed E-state index contributed by atoms with van der Waals surface area (Å²) < 4.78 is 19.3. The van der Waals surface area contributed by atoms with Crippen LogP contribution in [0.2, 0.25) is 0 Å². The van der Waals surface area contributed by atoms with Crippen LogP contribution < -0.4 is 4.90 Å². The highest BCUT2D eigenvalue weighted by Gasteiger charge is 2.29. The fourth-order valence-electron chi connectivity index (χ4n) is 2.48. The number of piperidine rings is 1. The minimum atomic E-state index is -0.375. The van der Waals surface area contributed by atoms with E-state index in [1.54, 1.807) is 6.92 Å². The van der Waals surface area contributed by atoms with Crippen molar-refractivity contribution in [1.82, 2.24) is 9.97 Å². The van der Waals surface area contributed by atoms with Gasteiger partial charge in [-0.05, 0) is 26.2 Å². The van der Waals surface area contributed by atoms with Crippen molar-refractivity contribution in [3.8, 4) is 0 Å². The lowest BCUT2D eigenvalue weighted by molar-refractivity contribution is -0.148. The summed E-state index contributed by atoms with van der Waals surface area (Å²) in [5.74, 6) is -0.490. The van der Waals surface area contributed by atoms with Gasteiger partial charge in [0.2, 0.25) is 0 Å². The molecule has 2 rings (SSSR count). The topological polar surface area (TPSA) is 55.3 Å². The smallest absolute Gasteiger partial charge is 0.310 e. The first-order valence-corrected chi connectivity index (χ1v) is 7.08. The molecule has 20 heavy (non-hydrogen) atoms.